The van der Waals surface area contributed by atoms with Crippen LogP contribution in [0.3, 0.4) is 0 Å². The number of halogens is 1. The Hall–Kier alpha value is -2.14. The zero-order chi connectivity index (χ0) is 15.4. The van der Waals surface area contributed by atoms with Crippen LogP contribution in [0.15, 0.2) is 24.5 Å². The van der Waals surface area contributed by atoms with Gasteiger partial charge in [-0.2, -0.15) is 0 Å². The van der Waals surface area contributed by atoms with Gasteiger partial charge in [0.1, 0.15) is 6.33 Å². The Labute approximate surface area is 128 Å². The number of rotatable bonds is 4. The van der Waals surface area contributed by atoms with Crippen molar-refractivity contribution in [3.8, 4) is 5.88 Å². The maximum Gasteiger partial charge on any atom is 0.262 e. The molecule has 110 valence electrons. The molecule has 0 aliphatic carbocycles. The van der Waals surface area contributed by atoms with Crippen molar-refractivity contribution < 1.29 is 9.53 Å². The van der Waals surface area contributed by atoms with Crippen molar-refractivity contribution in [1.29, 1.82) is 0 Å². The molecule has 6 heteroatoms. The highest BCUT2D eigenvalue weighted by Gasteiger charge is 2.10. The number of aryl methyl sites for hydroxylation is 3. The van der Waals surface area contributed by atoms with E-state index in [2.05, 4.69) is 15.3 Å². The second kappa shape index (κ2) is 6.54. The summed E-state index contributed by atoms with van der Waals surface area (Å²) >= 11 is 6.14. The van der Waals surface area contributed by atoms with E-state index in [1.54, 1.807) is 12.1 Å². The molecule has 0 aliphatic heterocycles. The van der Waals surface area contributed by atoms with Crippen LogP contribution in [0.1, 0.15) is 16.8 Å². The summed E-state index contributed by atoms with van der Waals surface area (Å²) in [5.74, 6) is 0.0736. The Morgan fingerprint density at radius 1 is 1.24 bits per heavy atom. The molecule has 0 fully saturated rings. The van der Waals surface area contributed by atoms with Crippen molar-refractivity contribution in [2.75, 3.05) is 11.9 Å². The lowest BCUT2D eigenvalue weighted by atomic mass is 10.1. The van der Waals surface area contributed by atoms with Gasteiger partial charge >= 0.3 is 0 Å². The second-order valence-electron chi connectivity index (χ2n) is 4.77. The highest BCUT2D eigenvalue weighted by molar-refractivity contribution is 6.34. The lowest BCUT2D eigenvalue weighted by Gasteiger charge is -2.12. The molecule has 0 spiro atoms. The number of nitrogens with zero attached hydrogens (tertiary/aromatic N) is 2. The SMILES string of the molecule is Cc1cc(C)c(NC(=O)COc2cc(C)ncn2)c(Cl)c1. The number of hydrogen-bond acceptors (Lipinski definition) is 4. The van der Waals surface area contributed by atoms with Gasteiger partial charge in [0.15, 0.2) is 6.61 Å². The predicted octanol–water partition coefficient (Wildman–Crippen LogP) is 3.07. The summed E-state index contributed by atoms with van der Waals surface area (Å²) in [6.07, 6.45) is 1.39. The molecule has 1 amide bonds. The van der Waals surface area contributed by atoms with E-state index < -0.39 is 0 Å². The molecule has 21 heavy (non-hydrogen) atoms. The molecule has 1 aromatic carbocycles. The van der Waals surface area contributed by atoms with Crippen LogP contribution in [-0.4, -0.2) is 22.5 Å². The number of amides is 1. The van der Waals surface area contributed by atoms with E-state index in [1.807, 2.05) is 26.8 Å². The van der Waals surface area contributed by atoms with E-state index >= 15 is 0 Å². The van der Waals surface area contributed by atoms with Crippen LogP contribution >= 0.6 is 11.6 Å². The Balaban J connectivity index is 1.99. The van der Waals surface area contributed by atoms with Crippen LogP contribution in [0, 0.1) is 20.8 Å². The number of aromatic nitrogens is 2. The molecular formula is C15H16ClN3O2. The smallest absolute Gasteiger partial charge is 0.262 e. The molecule has 5 nitrogen and oxygen atoms in total. The van der Waals surface area contributed by atoms with Crippen LogP contribution in [0.5, 0.6) is 5.88 Å². The van der Waals surface area contributed by atoms with Crippen molar-refractivity contribution in [2.45, 2.75) is 20.8 Å². The summed E-state index contributed by atoms with van der Waals surface area (Å²) in [7, 11) is 0. The normalized spacial score (nSPS) is 10.3. The van der Waals surface area contributed by atoms with E-state index in [0.29, 0.717) is 16.6 Å². The van der Waals surface area contributed by atoms with Crippen LogP contribution in [0.4, 0.5) is 5.69 Å². The fourth-order valence-electron chi connectivity index (χ4n) is 1.90. The molecular weight excluding hydrogens is 290 g/mol. The van der Waals surface area contributed by atoms with E-state index in [-0.39, 0.29) is 12.5 Å². The first kappa shape index (κ1) is 15.3. The lowest BCUT2D eigenvalue weighted by Crippen LogP contribution is -2.21. The Bertz CT molecular complexity index is 651. The molecule has 0 radical (unpaired) electrons. The molecule has 1 heterocycles. The monoisotopic (exact) mass is 305 g/mol. The molecule has 0 atom stereocenters. The fourth-order valence-corrected chi connectivity index (χ4v) is 2.27. The first-order valence-corrected chi connectivity index (χ1v) is 6.81. The quantitative estimate of drug-likeness (QED) is 0.943. The minimum absolute atomic E-state index is 0.139. The minimum Gasteiger partial charge on any atom is -0.467 e. The van der Waals surface area contributed by atoms with Crippen molar-refractivity contribution >= 4 is 23.2 Å². The van der Waals surface area contributed by atoms with Crippen LogP contribution in [0.2, 0.25) is 5.02 Å². The Morgan fingerprint density at radius 2 is 2.00 bits per heavy atom. The Morgan fingerprint density at radius 3 is 2.67 bits per heavy atom. The van der Waals surface area contributed by atoms with Gasteiger partial charge in [0.2, 0.25) is 5.88 Å². The van der Waals surface area contributed by atoms with Gasteiger partial charge in [-0.1, -0.05) is 17.7 Å². The lowest BCUT2D eigenvalue weighted by molar-refractivity contribution is -0.118. The molecule has 2 rings (SSSR count). The summed E-state index contributed by atoms with van der Waals surface area (Å²) in [6.45, 7) is 5.53. The van der Waals surface area contributed by atoms with Crippen LogP contribution in [0.25, 0.3) is 0 Å². The summed E-state index contributed by atoms with van der Waals surface area (Å²) < 4.78 is 5.32. The van der Waals surface area contributed by atoms with Crippen molar-refractivity contribution in [3.05, 3.63) is 46.4 Å². The molecule has 2 aromatic rings. The van der Waals surface area contributed by atoms with Gasteiger partial charge in [-0.3, -0.25) is 4.79 Å². The average Bonchev–Trinajstić information content (AvgIpc) is 2.40. The summed E-state index contributed by atoms with van der Waals surface area (Å²) in [5.41, 5.74) is 3.34. The fraction of sp³-hybridized carbons (Fsp3) is 0.267. The van der Waals surface area contributed by atoms with Gasteiger partial charge in [0.05, 0.1) is 10.7 Å². The van der Waals surface area contributed by atoms with Gasteiger partial charge in [0.25, 0.3) is 5.91 Å². The standard InChI is InChI=1S/C15H16ClN3O2/c1-9-4-10(2)15(12(16)5-9)19-13(20)7-21-14-6-11(3)17-8-18-14/h4-6,8H,7H2,1-3H3,(H,19,20). The first-order chi connectivity index (χ1) is 9.95. The summed E-state index contributed by atoms with van der Waals surface area (Å²) in [4.78, 5) is 19.8. The zero-order valence-corrected chi connectivity index (χ0v) is 12.9. The maximum absolute atomic E-state index is 11.9. The van der Waals surface area contributed by atoms with E-state index in [0.717, 1.165) is 16.8 Å². The topological polar surface area (TPSA) is 64.1 Å². The zero-order valence-electron chi connectivity index (χ0n) is 12.1. The molecule has 1 N–H and O–H groups in total. The minimum atomic E-state index is -0.292. The van der Waals surface area contributed by atoms with Crippen molar-refractivity contribution in [2.24, 2.45) is 0 Å². The van der Waals surface area contributed by atoms with Crippen molar-refractivity contribution in [3.63, 3.8) is 0 Å². The third kappa shape index (κ3) is 4.16. The van der Waals surface area contributed by atoms with Gasteiger partial charge in [-0.05, 0) is 38.0 Å². The number of carbonyl (C=O) groups is 1. The number of benzene rings is 1. The molecule has 0 unspecified atom stereocenters. The molecule has 0 bridgehead atoms. The maximum atomic E-state index is 11.9. The van der Waals surface area contributed by atoms with Gasteiger partial charge in [-0.25, -0.2) is 9.97 Å². The van der Waals surface area contributed by atoms with E-state index in [1.165, 1.54) is 6.33 Å². The largest absolute Gasteiger partial charge is 0.467 e. The third-order valence-corrected chi connectivity index (χ3v) is 3.12. The van der Waals surface area contributed by atoms with E-state index in [4.69, 9.17) is 16.3 Å². The third-order valence-electron chi connectivity index (χ3n) is 2.83. The number of hydrogen-bond donors (Lipinski definition) is 1. The number of anilines is 1. The van der Waals surface area contributed by atoms with Crippen LogP contribution < -0.4 is 10.1 Å². The highest BCUT2D eigenvalue weighted by atomic mass is 35.5. The van der Waals surface area contributed by atoms with Crippen molar-refractivity contribution in [1.82, 2.24) is 9.97 Å². The average molecular weight is 306 g/mol. The number of ether oxygens (including phenoxy) is 1. The van der Waals surface area contributed by atoms with Gasteiger partial charge in [-0.15, -0.1) is 0 Å². The summed E-state index contributed by atoms with van der Waals surface area (Å²) in [5, 5.41) is 3.26. The van der Waals surface area contributed by atoms with E-state index in [9.17, 15) is 4.79 Å². The molecule has 0 aliphatic rings. The van der Waals surface area contributed by atoms with Gasteiger partial charge < -0.3 is 10.1 Å². The predicted molar refractivity (Wildman–Crippen MR) is 81.8 cm³/mol. The summed E-state index contributed by atoms with van der Waals surface area (Å²) in [6, 6.07) is 5.42. The number of carbonyl (C=O) groups excluding carboxylic acids is 1. The number of nitrogens with one attached hydrogen (secondary N) is 1. The second-order valence-corrected chi connectivity index (χ2v) is 5.18. The molecule has 0 saturated heterocycles. The molecule has 1 aromatic heterocycles. The van der Waals surface area contributed by atoms with Crippen LogP contribution in [-0.2, 0) is 4.79 Å². The highest BCUT2D eigenvalue weighted by Crippen LogP contribution is 2.27. The van der Waals surface area contributed by atoms with Gasteiger partial charge in [0, 0.05) is 11.8 Å². The Kier molecular flexibility index (Phi) is 4.75. The first-order valence-electron chi connectivity index (χ1n) is 6.44. The molecule has 0 saturated carbocycles.